The van der Waals surface area contributed by atoms with E-state index in [0.717, 1.165) is 32.3 Å². The molecule has 118 valence electrons. The van der Waals surface area contributed by atoms with Gasteiger partial charge in [-0.25, -0.2) is 0 Å². The zero-order valence-corrected chi connectivity index (χ0v) is 13.3. The minimum absolute atomic E-state index is 0.751. The largest absolute Gasteiger partial charge is 0.379 e. The van der Waals surface area contributed by atoms with Gasteiger partial charge in [0.1, 0.15) is 0 Å². The fraction of sp³-hybridized carbons (Fsp3) is 1.00. The molecule has 0 spiro atoms. The van der Waals surface area contributed by atoms with Crippen LogP contribution in [0.3, 0.4) is 0 Å². The first-order valence-electron chi connectivity index (χ1n) is 8.64. The number of rotatable bonds is 7. The van der Waals surface area contributed by atoms with Crippen molar-refractivity contribution in [2.75, 3.05) is 59.0 Å². The maximum absolute atomic E-state index is 5.38. The molecular weight excluding hydrogens is 250 g/mol. The molecular formula is C16H33N3O. The number of hydrogen-bond acceptors (Lipinski definition) is 4. The van der Waals surface area contributed by atoms with Crippen molar-refractivity contribution in [3.05, 3.63) is 0 Å². The van der Waals surface area contributed by atoms with Crippen molar-refractivity contribution in [2.24, 2.45) is 0 Å². The molecule has 2 aliphatic heterocycles. The normalized spacial score (nSPS) is 26.6. The molecule has 0 aliphatic carbocycles. The van der Waals surface area contributed by atoms with Gasteiger partial charge in [-0.05, 0) is 64.8 Å². The highest BCUT2D eigenvalue weighted by atomic mass is 16.5. The van der Waals surface area contributed by atoms with Crippen molar-refractivity contribution in [3.8, 4) is 0 Å². The number of nitrogens with zero attached hydrogens (tertiary/aromatic N) is 2. The molecule has 0 bridgehead atoms. The average Bonchev–Trinajstić information content (AvgIpc) is 2.71. The molecule has 0 aromatic carbocycles. The Morgan fingerprint density at radius 1 is 1.00 bits per heavy atom. The summed E-state index contributed by atoms with van der Waals surface area (Å²) in [5, 5.41) is 3.78. The van der Waals surface area contributed by atoms with Crippen LogP contribution in [0.2, 0.25) is 0 Å². The van der Waals surface area contributed by atoms with Crippen LogP contribution in [0.15, 0.2) is 0 Å². The molecule has 0 aromatic rings. The van der Waals surface area contributed by atoms with E-state index in [4.69, 9.17) is 4.74 Å². The maximum atomic E-state index is 5.38. The number of nitrogens with one attached hydrogen (secondary N) is 1. The SMILES string of the molecule is CCCN1CCCC(NCCCN2CCOCC2)CC1. The molecule has 1 unspecified atom stereocenters. The summed E-state index contributed by atoms with van der Waals surface area (Å²) in [5.41, 5.74) is 0. The Bertz CT molecular complexity index is 244. The molecule has 0 radical (unpaired) electrons. The van der Waals surface area contributed by atoms with Crippen LogP contribution in [-0.4, -0.2) is 74.9 Å². The Balaban J connectivity index is 1.52. The first-order valence-corrected chi connectivity index (χ1v) is 8.64. The topological polar surface area (TPSA) is 27.7 Å². The van der Waals surface area contributed by atoms with E-state index in [1.165, 1.54) is 64.8 Å². The number of ether oxygens (including phenoxy) is 1. The van der Waals surface area contributed by atoms with Crippen LogP contribution in [0.25, 0.3) is 0 Å². The zero-order chi connectivity index (χ0) is 14.0. The molecule has 2 rings (SSSR count). The highest BCUT2D eigenvalue weighted by molar-refractivity contribution is 4.75. The fourth-order valence-corrected chi connectivity index (χ4v) is 3.33. The Morgan fingerprint density at radius 2 is 1.80 bits per heavy atom. The highest BCUT2D eigenvalue weighted by Crippen LogP contribution is 2.11. The number of morpholine rings is 1. The summed E-state index contributed by atoms with van der Waals surface area (Å²) in [5.74, 6) is 0. The molecule has 0 amide bonds. The van der Waals surface area contributed by atoms with Gasteiger partial charge >= 0.3 is 0 Å². The van der Waals surface area contributed by atoms with Gasteiger partial charge < -0.3 is 15.0 Å². The Morgan fingerprint density at radius 3 is 2.60 bits per heavy atom. The number of likely N-dealkylation sites (tertiary alicyclic amines) is 1. The van der Waals surface area contributed by atoms with Crippen LogP contribution < -0.4 is 5.32 Å². The van der Waals surface area contributed by atoms with Crippen LogP contribution in [0.5, 0.6) is 0 Å². The van der Waals surface area contributed by atoms with Gasteiger partial charge in [-0.15, -0.1) is 0 Å². The second-order valence-corrected chi connectivity index (χ2v) is 6.23. The first kappa shape index (κ1) is 16.2. The van der Waals surface area contributed by atoms with Gasteiger partial charge in [0.25, 0.3) is 0 Å². The fourth-order valence-electron chi connectivity index (χ4n) is 3.33. The van der Waals surface area contributed by atoms with Crippen molar-refractivity contribution in [1.82, 2.24) is 15.1 Å². The molecule has 2 fully saturated rings. The number of hydrogen-bond donors (Lipinski definition) is 1. The highest BCUT2D eigenvalue weighted by Gasteiger charge is 2.16. The zero-order valence-electron chi connectivity index (χ0n) is 13.3. The third kappa shape index (κ3) is 6.08. The van der Waals surface area contributed by atoms with E-state index in [1.54, 1.807) is 0 Å². The van der Waals surface area contributed by atoms with Gasteiger partial charge in [0, 0.05) is 19.1 Å². The lowest BCUT2D eigenvalue weighted by molar-refractivity contribution is 0.0373. The van der Waals surface area contributed by atoms with E-state index in [2.05, 4.69) is 22.0 Å². The second-order valence-electron chi connectivity index (χ2n) is 6.23. The summed E-state index contributed by atoms with van der Waals surface area (Å²) in [4.78, 5) is 5.16. The summed E-state index contributed by atoms with van der Waals surface area (Å²) < 4.78 is 5.38. The van der Waals surface area contributed by atoms with Gasteiger partial charge in [-0.3, -0.25) is 4.90 Å². The molecule has 4 nitrogen and oxygen atoms in total. The first-order chi connectivity index (χ1) is 9.88. The summed E-state index contributed by atoms with van der Waals surface area (Å²) in [6.45, 7) is 12.6. The van der Waals surface area contributed by atoms with E-state index < -0.39 is 0 Å². The molecule has 2 saturated heterocycles. The van der Waals surface area contributed by atoms with Crippen molar-refractivity contribution >= 4 is 0 Å². The molecule has 1 atom stereocenters. The third-order valence-corrected chi connectivity index (χ3v) is 4.55. The minimum Gasteiger partial charge on any atom is -0.379 e. The van der Waals surface area contributed by atoms with E-state index in [0.29, 0.717) is 0 Å². The van der Waals surface area contributed by atoms with Gasteiger partial charge in [0.15, 0.2) is 0 Å². The standard InChI is InChI=1S/C16H33N3O/c1-2-8-18-9-3-5-16(6-11-18)17-7-4-10-19-12-14-20-15-13-19/h16-17H,2-15H2,1H3. The van der Waals surface area contributed by atoms with E-state index >= 15 is 0 Å². The van der Waals surface area contributed by atoms with E-state index in [9.17, 15) is 0 Å². The molecule has 1 N–H and O–H groups in total. The Labute approximate surface area is 124 Å². The quantitative estimate of drug-likeness (QED) is 0.718. The average molecular weight is 283 g/mol. The minimum atomic E-state index is 0.751. The van der Waals surface area contributed by atoms with Crippen molar-refractivity contribution < 1.29 is 4.74 Å². The van der Waals surface area contributed by atoms with Gasteiger partial charge in [0.05, 0.1) is 13.2 Å². The van der Waals surface area contributed by atoms with Gasteiger partial charge in [-0.1, -0.05) is 6.92 Å². The van der Waals surface area contributed by atoms with Crippen LogP contribution >= 0.6 is 0 Å². The smallest absolute Gasteiger partial charge is 0.0594 e. The molecule has 2 heterocycles. The maximum Gasteiger partial charge on any atom is 0.0594 e. The molecule has 0 saturated carbocycles. The van der Waals surface area contributed by atoms with Gasteiger partial charge in [0.2, 0.25) is 0 Å². The molecule has 2 aliphatic rings. The predicted octanol–water partition coefficient (Wildman–Crippen LogP) is 1.56. The molecule has 20 heavy (non-hydrogen) atoms. The van der Waals surface area contributed by atoms with Crippen molar-refractivity contribution in [3.63, 3.8) is 0 Å². The molecule has 4 heteroatoms. The van der Waals surface area contributed by atoms with Crippen LogP contribution in [-0.2, 0) is 4.74 Å². The summed E-state index contributed by atoms with van der Waals surface area (Å²) in [7, 11) is 0. The molecule has 0 aromatic heterocycles. The third-order valence-electron chi connectivity index (χ3n) is 4.55. The summed E-state index contributed by atoms with van der Waals surface area (Å²) in [6.07, 6.45) is 6.61. The lowest BCUT2D eigenvalue weighted by atomic mass is 10.1. The second kappa shape index (κ2) is 9.72. The lowest BCUT2D eigenvalue weighted by Gasteiger charge is -2.26. The lowest BCUT2D eigenvalue weighted by Crippen LogP contribution is -2.38. The van der Waals surface area contributed by atoms with Crippen LogP contribution in [0.4, 0.5) is 0 Å². The monoisotopic (exact) mass is 283 g/mol. The van der Waals surface area contributed by atoms with Crippen molar-refractivity contribution in [1.29, 1.82) is 0 Å². The van der Waals surface area contributed by atoms with E-state index in [1.807, 2.05) is 0 Å². The Hall–Kier alpha value is -0.160. The van der Waals surface area contributed by atoms with E-state index in [-0.39, 0.29) is 0 Å². The van der Waals surface area contributed by atoms with Crippen LogP contribution in [0, 0.1) is 0 Å². The van der Waals surface area contributed by atoms with Crippen LogP contribution in [0.1, 0.15) is 39.0 Å². The summed E-state index contributed by atoms with van der Waals surface area (Å²) in [6, 6.07) is 0.751. The predicted molar refractivity (Wildman–Crippen MR) is 84.2 cm³/mol. The van der Waals surface area contributed by atoms with Crippen molar-refractivity contribution in [2.45, 2.75) is 45.1 Å². The summed E-state index contributed by atoms with van der Waals surface area (Å²) >= 11 is 0. The Kier molecular flexibility index (Phi) is 7.88. The van der Waals surface area contributed by atoms with Gasteiger partial charge in [-0.2, -0.15) is 0 Å².